The van der Waals surface area contributed by atoms with Crippen molar-refractivity contribution in [3.63, 3.8) is 0 Å². The van der Waals surface area contributed by atoms with Crippen LogP contribution < -0.4 is 15.4 Å². The first-order valence-electron chi connectivity index (χ1n) is 10.0. The fourth-order valence-corrected chi connectivity index (χ4v) is 3.17. The fourth-order valence-electron chi connectivity index (χ4n) is 3.17. The van der Waals surface area contributed by atoms with Crippen molar-refractivity contribution in [3.05, 3.63) is 42.1 Å². The zero-order valence-electron chi connectivity index (χ0n) is 18.3. The molecule has 0 spiro atoms. The van der Waals surface area contributed by atoms with Crippen molar-refractivity contribution in [2.45, 2.75) is 26.4 Å². The molecule has 2 N–H and O–H groups in total. The largest absolute Gasteiger partial charge is 0.465 e. The molecule has 0 radical (unpaired) electrons. The number of nitrogens with zero attached hydrogens (tertiary/aromatic N) is 3. The van der Waals surface area contributed by atoms with Gasteiger partial charge in [0, 0.05) is 32.2 Å². The summed E-state index contributed by atoms with van der Waals surface area (Å²) < 4.78 is 16.2. The standard InChI is InChI=1S/C22H28N4O5/c1-22(2,3)31-21(28)26-11-9-25(10-12-26)17-13-15(14-24-19(17)23)30-18-8-6-5-7-16(18)20(27)29-4/h5-8,13-14H,9-12H2,1-4H3,(H2,23,24). The molecule has 1 aromatic heterocycles. The summed E-state index contributed by atoms with van der Waals surface area (Å²) in [7, 11) is 1.32. The van der Waals surface area contributed by atoms with E-state index >= 15 is 0 Å². The molecule has 1 saturated heterocycles. The Labute approximate surface area is 181 Å². The third-order valence-electron chi connectivity index (χ3n) is 4.66. The van der Waals surface area contributed by atoms with Crippen molar-refractivity contribution in [2.24, 2.45) is 0 Å². The van der Waals surface area contributed by atoms with Crippen molar-refractivity contribution in [1.82, 2.24) is 9.88 Å². The van der Waals surface area contributed by atoms with Gasteiger partial charge in [0.1, 0.15) is 28.5 Å². The molecule has 1 aliphatic heterocycles. The van der Waals surface area contributed by atoms with Crippen LogP contribution in [-0.2, 0) is 9.47 Å². The van der Waals surface area contributed by atoms with E-state index in [1.165, 1.54) is 13.3 Å². The number of rotatable bonds is 4. The number of benzene rings is 1. The molecule has 0 bridgehead atoms. The van der Waals surface area contributed by atoms with E-state index in [1.807, 2.05) is 25.7 Å². The molecule has 31 heavy (non-hydrogen) atoms. The van der Waals surface area contributed by atoms with E-state index in [-0.39, 0.29) is 6.09 Å². The lowest BCUT2D eigenvalue weighted by Gasteiger charge is -2.37. The predicted molar refractivity (Wildman–Crippen MR) is 117 cm³/mol. The zero-order chi connectivity index (χ0) is 22.6. The summed E-state index contributed by atoms with van der Waals surface area (Å²) in [6.45, 7) is 7.70. The summed E-state index contributed by atoms with van der Waals surface area (Å²) in [6, 6.07) is 8.59. The van der Waals surface area contributed by atoms with Crippen LogP contribution in [0.2, 0.25) is 0 Å². The number of hydrogen-bond acceptors (Lipinski definition) is 8. The van der Waals surface area contributed by atoms with Gasteiger partial charge in [-0.05, 0) is 32.9 Å². The van der Waals surface area contributed by atoms with Crippen LogP contribution in [0.25, 0.3) is 0 Å². The van der Waals surface area contributed by atoms with Gasteiger partial charge in [-0.3, -0.25) is 0 Å². The SMILES string of the molecule is COC(=O)c1ccccc1Oc1cnc(N)c(N2CCN(C(=O)OC(C)(C)C)CC2)c1. The van der Waals surface area contributed by atoms with Gasteiger partial charge in [-0.15, -0.1) is 0 Å². The molecular weight excluding hydrogens is 400 g/mol. The molecule has 9 heteroatoms. The Hall–Kier alpha value is -3.49. The average molecular weight is 428 g/mol. The molecule has 1 amide bonds. The van der Waals surface area contributed by atoms with Crippen LogP contribution >= 0.6 is 0 Å². The van der Waals surface area contributed by atoms with Gasteiger partial charge in [0.05, 0.1) is 19.0 Å². The third-order valence-corrected chi connectivity index (χ3v) is 4.66. The number of nitrogens with two attached hydrogens (primary N) is 1. The third kappa shape index (κ3) is 5.56. The second kappa shape index (κ2) is 9.11. The molecule has 0 saturated carbocycles. The van der Waals surface area contributed by atoms with E-state index in [4.69, 9.17) is 19.9 Å². The Morgan fingerprint density at radius 1 is 1.10 bits per heavy atom. The summed E-state index contributed by atoms with van der Waals surface area (Å²) in [5, 5.41) is 0. The number of anilines is 2. The van der Waals surface area contributed by atoms with Crippen molar-refractivity contribution in [2.75, 3.05) is 43.9 Å². The maximum Gasteiger partial charge on any atom is 0.410 e. The molecular formula is C22H28N4O5. The smallest absolute Gasteiger partial charge is 0.410 e. The number of aromatic nitrogens is 1. The van der Waals surface area contributed by atoms with Gasteiger partial charge >= 0.3 is 12.1 Å². The molecule has 1 fully saturated rings. The fraction of sp³-hybridized carbons (Fsp3) is 0.409. The van der Waals surface area contributed by atoms with Gasteiger partial charge in [-0.25, -0.2) is 14.6 Å². The van der Waals surface area contributed by atoms with Crippen LogP contribution in [0.15, 0.2) is 36.5 Å². The summed E-state index contributed by atoms with van der Waals surface area (Å²) in [6.07, 6.45) is 1.18. The number of carbonyl (C=O) groups is 2. The van der Waals surface area contributed by atoms with Crippen molar-refractivity contribution in [3.8, 4) is 11.5 Å². The second-order valence-corrected chi connectivity index (χ2v) is 8.12. The normalized spacial score (nSPS) is 14.2. The minimum absolute atomic E-state index is 0.314. The predicted octanol–water partition coefficient (Wildman–Crippen LogP) is 3.30. The topological polar surface area (TPSA) is 107 Å². The Morgan fingerprint density at radius 3 is 2.42 bits per heavy atom. The monoisotopic (exact) mass is 428 g/mol. The van der Waals surface area contributed by atoms with E-state index in [9.17, 15) is 9.59 Å². The number of hydrogen-bond donors (Lipinski definition) is 1. The lowest BCUT2D eigenvalue weighted by molar-refractivity contribution is 0.0240. The molecule has 0 unspecified atom stereocenters. The number of methoxy groups -OCH3 is 1. The lowest BCUT2D eigenvalue weighted by atomic mass is 10.2. The highest BCUT2D eigenvalue weighted by Gasteiger charge is 2.27. The van der Waals surface area contributed by atoms with Crippen molar-refractivity contribution >= 4 is 23.6 Å². The maximum atomic E-state index is 12.3. The summed E-state index contributed by atoms with van der Waals surface area (Å²) in [5.74, 6) is 0.675. The first-order valence-corrected chi connectivity index (χ1v) is 10.0. The van der Waals surface area contributed by atoms with Crippen LogP contribution in [0.3, 0.4) is 0 Å². The maximum absolute atomic E-state index is 12.3. The number of esters is 1. The Kier molecular flexibility index (Phi) is 6.53. The lowest BCUT2D eigenvalue weighted by Crippen LogP contribution is -2.50. The molecule has 1 aliphatic rings. The molecule has 0 aliphatic carbocycles. The average Bonchev–Trinajstić information content (AvgIpc) is 2.74. The van der Waals surface area contributed by atoms with Crippen LogP contribution in [0, 0.1) is 0 Å². The molecule has 3 rings (SSSR count). The van der Waals surface area contributed by atoms with Crippen LogP contribution in [0.5, 0.6) is 11.5 Å². The Morgan fingerprint density at radius 2 is 1.77 bits per heavy atom. The number of piperazine rings is 1. The van der Waals surface area contributed by atoms with Crippen molar-refractivity contribution < 1.29 is 23.8 Å². The number of amides is 1. The molecule has 1 aromatic carbocycles. The highest BCUT2D eigenvalue weighted by molar-refractivity contribution is 5.92. The van der Waals surface area contributed by atoms with Gasteiger partial charge in [-0.1, -0.05) is 12.1 Å². The van der Waals surface area contributed by atoms with E-state index in [1.54, 1.807) is 35.2 Å². The van der Waals surface area contributed by atoms with E-state index in [0.717, 1.165) is 0 Å². The summed E-state index contributed by atoms with van der Waals surface area (Å²) in [4.78, 5) is 32.2. The van der Waals surface area contributed by atoms with Crippen LogP contribution in [0.4, 0.5) is 16.3 Å². The molecule has 2 aromatic rings. The summed E-state index contributed by atoms with van der Waals surface area (Å²) >= 11 is 0. The van der Waals surface area contributed by atoms with E-state index in [0.29, 0.717) is 54.7 Å². The number of nitrogen functional groups attached to an aromatic ring is 1. The number of carbonyl (C=O) groups excluding carboxylic acids is 2. The molecule has 2 heterocycles. The number of pyridine rings is 1. The Bertz CT molecular complexity index is 949. The first-order chi connectivity index (χ1) is 14.7. The molecule has 166 valence electrons. The minimum atomic E-state index is -0.533. The first kappa shape index (κ1) is 22.2. The highest BCUT2D eigenvalue weighted by Crippen LogP contribution is 2.31. The zero-order valence-corrected chi connectivity index (χ0v) is 18.3. The molecule has 0 atom stereocenters. The van der Waals surface area contributed by atoms with Crippen LogP contribution in [0.1, 0.15) is 31.1 Å². The summed E-state index contributed by atoms with van der Waals surface area (Å²) in [5.41, 5.74) is 6.59. The van der Waals surface area contributed by atoms with Crippen molar-refractivity contribution in [1.29, 1.82) is 0 Å². The quantitative estimate of drug-likeness (QED) is 0.739. The van der Waals surface area contributed by atoms with Crippen LogP contribution in [-0.4, -0.2) is 60.8 Å². The number of para-hydroxylation sites is 1. The van der Waals surface area contributed by atoms with Gasteiger partial charge in [-0.2, -0.15) is 0 Å². The van der Waals surface area contributed by atoms with Gasteiger partial charge in [0.25, 0.3) is 0 Å². The van der Waals surface area contributed by atoms with Gasteiger partial charge < -0.3 is 29.7 Å². The second-order valence-electron chi connectivity index (χ2n) is 8.12. The van der Waals surface area contributed by atoms with E-state index < -0.39 is 11.6 Å². The van der Waals surface area contributed by atoms with Gasteiger partial charge in [0.2, 0.25) is 0 Å². The highest BCUT2D eigenvalue weighted by atomic mass is 16.6. The molecule has 9 nitrogen and oxygen atoms in total. The van der Waals surface area contributed by atoms with Gasteiger partial charge in [0.15, 0.2) is 0 Å². The number of ether oxygens (including phenoxy) is 3. The Balaban J connectivity index is 1.72. The minimum Gasteiger partial charge on any atom is -0.465 e. The van der Waals surface area contributed by atoms with E-state index in [2.05, 4.69) is 4.98 Å².